The number of carbonyl (C=O) groups is 1. The summed E-state index contributed by atoms with van der Waals surface area (Å²) in [6.07, 6.45) is 7.20. The van der Waals surface area contributed by atoms with E-state index in [1.54, 1.807) is 35.4 Å². The molecule has 1 amide bonds. The summed E-state index contributed by atoms with van der Waals surface area (Å²) in [5.41, 5.74) is 3.31. The zero-order valence-corrected chi connectivity index (χ0v) is 16.3. The molecular formula is C21H16N6OS. The summed E-state index contributed by atoms with van der Waals surface area (Å²) >= 11 is 1.34. The Balaban J connectivity index is 1.53. The summed E-state index contributed by atoms with van der Waals surface area (Å²) in [6, 6.07) is 9.24. The molecule has 0 aliphatic rings. The topological polar surface area (TPSA) is 85.6 Å². The number of aromatic nitrogens is 5. The Morgan fingerprint density at radius 1 is 1.14 bits per heavy atom. The first-order valence-corrected chi connectivity index (χ1v) is 9.78. The van der Waals surface area contributed by atoms with Gasteiger partial charge in [-0.2, -0.15) is 0 Å². The third-order valence-electron chi connectivity index (χ3n) is 3.94. The summed E-state index contributed by atoms with van der Waals surface area (Å²) in [5, 5.41) is 5.17. The molecule has 0 atom stereocenters. The number of pyridine rings is 2. The van der Waals surface area contributed by atoms with Gasteiger partial charge < -0.3 is 0 Å². The molecule has 0 unspecified atom stereocenters. The van der Waals surface area contributed by atoms with Crippen LogP contribution in [0.25, 0.3) is 17.1 Å². The lowest BCUT2D eigenvalue weighted by Crippen LogP contribution is -2.16. The minimum Gasteiger partial charge on any atom is -0.296 e. The van der Waals surface area contributed by atoms with Crippen LogP contribution in [0.1, 0.15) is 29.5 Å². The number of carbonyl (C=O) groups excluding carboxylic acids is 1. The normalized spacial score (nSPS) is 10.2. The second-order valence-corrected chi connectivity index (χ2v) is 6.77. The van der Waals surface area contributed by atoms with Crippen LogP contribution in [-0.4, -0.2) is 30.4 Å². The van der Waals surface area contributed by atoms with Gasteiger partial charge in [0.2, 0.25) is 0 Å². The average molecular weight is 400 g/mol. The largest absolute Gasteiger partial charge is 0.296 e. The summed E-state index contributed by atoms with van der Waals surface area (Å²) in [6.45, 7) is 1.99. The quantitative estimate of drug-likeness (QED) is 0.527. The summed E-state index contributed by atoms with van der Waals surface area (Å²) in [7, 11) is 0. The zero-order chi connectivity index (χ0) is 20.1. The summed E-state index contributed by atoms with van der Waals surface area (Å²) in [4.78, 5) is 29.8. The van der Waals surface area contributed by atoms with Crippen LogP contribution in [0, 0.1) is 11.8 Å². The van der Waals surface area contributed by atoms with Crippen molar-refractivity contribution in [3.63, 3.8) is 0 Å². The SMILES string of the molecule is CCC#Cc1cccc(-c2csc(NC(=O)c3cncn3-c3ccncc3)n2)n1. The molecule has 1 N–H and O–H groups in total. The molecule has 0 aliphatic carbocycles. The molecule has 4 rings (SSSR count). The van der Waals surface area contributed by atoms with Crippen molar-refractivity contribution in [1.82, 2.24) is 24.5 Å². The molecule has 0 saturated heterocycles. The van der Waals surface area contributed by atoms with Crippen LogP contribution >= 0.6 is 11.3 Å². The number of hydrogen-bond acceptors (Lipinski definition) is 6. The summed E-state index contributed by atoms with van der Waals surface area (Å²) < 4.78 is 1.70. The highest BCUT2D eigenvalue weighted by Crippen LogP contribution is 2.24. The van der Waals surface area contributed by atoms with Gasteiger partial charge in [0, 0.05) is 24.2 Å². The molecule has 4 aromatic heterocycles. The monoisotopic (exact) mass is 400 g/mol. The number of anilines is 1. The molecule has 0 spiro atoms. The fourth-order valence-corrected chi connectivity index (χ4v) is 3.31. The van der Waals surface area contributed by atoms with Gasteiger partial charge in [0.1, 0.15) is 17.1 Å². The van der Waals surface area contributed by atoms with Crippen LogP contribution in [-0.2, 0) is 0 Å². The van der Waals surface area contributed by atoms with E-state index in [1.165, 1.54) is 17.5 Å². The van der Waals surface area contributed by atoms with E-state index in [2.05, 4.69) is 37.1 Å². The highest BCUT2D eigenvalue weighted by molar-refractivity contribution is 7.14. The molecule has 0 fully saturated rings. The maximum absolute atomic E-state index is 12.7. The molecule has 0 aliphatic heterocycles. The van der Waals surface area contributed by atoms with Crippen molar-refractivity contribution in [3.05, 3.63) is 72.0 Å². The van der Waals surface area contributed by atoms with E-state index in [1.807, 2.05) is 30.5 Å². The van der Waals surface area contributed by atoms with E-state index in [0.29, 0.717) is 27.9 Å². The van der Waals surface area contributed by atoms with Gasteiger partial charge in [0.15, 0.2) is 5.13 Å². The summed E-state index contributed by atoms with van der Waals surface area (Å²) in [5.74, 6) is 5.73. The fraction of sp³-hybridized carbons (Fsp3) is 0.0952. The zero-order valence-electron chi connectivity index (χ0n) is 15.5. The number of nitrogens with zero attached hydrogens (tertiary/aromatic N) is 5. The van der Waals surface area contributed by atoms with Crippen molar-refractivity contribution in [1.29, 1.82) is 0 Å². The Labute approximate surface area is 171 Å². The minimum atomic E-state index is -0.296. The van der Waals surface area contributed by atoms with Gasteiger partial charge in [-0.1, -0.05) is 18.9 Å². The van der Waals surface area contributed by atoms with Crippen molar-refractivity contribution in [3.8, 4) is 28.9 Å². The molecular weight excluding hydrogens is 384 g/mol. The molecule has 0 radical (unpaired) electrons. The van der Waals surface area contributed by atoms with Crippen molar-refractivity contribution in [2.24, 2.45) is 0 Å². The Kier molecular flexibility index (Phi) is 5.40. The number of nitrogens with one attached hydrogen (secondary N) is 1. The highest BCUT2D eigenvalue weighted by Gasteiger charge is 2.15. The third-order valence-corrected chi connectivity index (χ3v) is 4.70. The molecule has 0 saturated carbocycles. The second-order valence-electron chi connectivity index (χ2n) is 5.91. The molecule has 4 heterocycles. The number of thiazole rings is 1. The van der Waals surface area contributed by atoms with Gasteiger partial charge in [0.25, 0.3) is 5.91 Å². The van der Waals surface area contributed by atoms with E-state index in [9.17, 15) is 4.79 Å². The molecule has 0 bridgehead atoms. The molecule has 7 nitrogen and oxygen atoms in total. The Bertz CT molecular complexity index is 1200. The van der Waals surface area contributed by atoms with Gasteiger partial charge in [0.05, 0.1) is 23.9 Å². The number of rotatable bonds is 4. The Hall–Kier alpha value is -3.83. The van der Waals surface area contributed by atoms with E-state index >= 15 is 0 Å². The number of amides is 1. The fourth-order valence-electron chi connectivity index (χ4n) is 2.61. The van der Waals surface area contributed by atoms with Crippen LogP contribution < -0.4 is 5.32 Å². The highest BCUT2D eigenvalue weighted by atomic mass is 32.1. The van der Waals surface area contributed by atoms with Gasteiger partial charge >= 0.3 is 0 Å². The maximum atomic E-state index is 12.7. The van der Waals surface area contributed by atoms with Crippen molar-refractivity contribution in [2.75, 3.05) is 5.32 Å². The van der Waals surface area contributed by atoms with Crippen LogP contribution in [0.3, 0.4) is 0 Å². The minimum absolute atomic E-state index is 0.296. The van der Waals surface area contributed by atoms with Crippen molar-refractivity contribution < 1.29 is 4.79 Å². The second kappa shape index (κ2) is 8.46. The van der Waals surface area contributed by atoms with Crippen molar-refractivity contribution >= 4 is 22.4 Å². The van der Waals surface area contributed by atoms with Crippen molar-refractivity contribution in [2.45, 2.75) is 13.3 Å². The number of hydrogen-bond donors (Lipinski definition) is 1. The lowest BCUT2D eigenvalue weighted by molar-refractivity contribution is 0.102. The van der Waals surface area contributed by atoms with Gasteiger partial charge in [-0.3, -0.25) is 19.7 Å². The first kappa shape index (κ1) is 18.5. The van der Waals surface area contributed by atoms with Gasteiger partial charge in [-0.25, -0.2) is 15.0 Å². The van der Waals surface area contributed by atoms with E-state index in [0.717, 1.165) is 12.1 Å². The predicted octanol–water partition coefficient (Wildman–Crippen LogP) is 3.80. The maximum Gasteiger partial charge on any atom is 0.276 e. The Morgan fingerprint density at radius 3 is 2.83 bits per heavy atom. The van der Waals surface area contributed by atoms with Crippen LogP contribution in [0.4, 0.5) is 5.13 Å². The molecule has 8 heteroatoms. The van der Waals surface area contributed by atoms with E-state index in [-0.39, 0.29) is 5.91 Å². The van der Waals surface area contributed by atoms with E-state index in [4.69, 9.17) is 0 Å². The molecule has 142 valence electrons. The van der Waals surface area contributed by atoms with E-state index < -0.39 is 0 Å². The lowest BCUT2D eigenvalue weighted by atomic mass is 10.2. The molecule has 29 heavy (non-hydrogen) atoms. The predicted molar refractivity (Wildman–Crippen MR) is 112 cm³/mol. The third kappa shape index (κ3) is 4.20. The smallest absolute Gasteiger partial charge is 0.276 e. The standard InChI is InChI=1S/C21H16N6OS/c1-2-3-5-15-6-4-7-17(24-15)18-13-29-21(25-18)26-20(28)19-12-23-14-27(19)16-8-10-22-11-9-16/h4,6-14H,2H2,1H3,(H,25,26,28). The first-order valence-electron chi connectivity index (χ1n) is 8.90. The van der Waals surface area contributed by atoms with Gasteiger partial charge in [-0.15, -0.1) is 11.3 Å². The number of imidazole rings is 1. The first-order chi connectivity index (χ1) is 14.2. The van der Waals surface area contributed by atoms with Gasteiger partial charge in [-0.05, 0) is 30.2 Å². The lowest BCUT2D eigenvalue weighted by Gasteiger charge is -2.07. The molecule has 0 aromatic carbocycles. The Morgan fingerprint density at radius 2 is 2.00 bits per heavy atom. The van der Waals surface area contributed by atoms with Crippen LogP contribution in [0.2, 0.25) is 0 Å². The van der Waals surface area contributed by atoms with Crippen LogP contribution in [0.15, 0.2) is 60.6 Å². The van der Waals surface area contributed by atoms with Crippen LogP contribution in [0.5, 0.6) is 0 Å². The average Bonchev–Trinajstić information content (AvgIpc) is 3.43. The molecule has 4 aromatic rings.